The van der Waals surface area contributed by atoms with Crippen LogP contribution >= 0.6 is 0 Å². The fraction of sp³-hybridized carbons (Fsp3) is 0.667. The number of aryl methyl sites for hydroxylation is 2. The van der Waals surface area contributed by atoms with Gasteiger partial charge in [-0.15, -0.1) is 0 Å². The molecule has 1 saturated carbocycles. The molecule has 0 aliphatic heterocycles. The van der Waals surface area contributed by atoms with Gasteiger partial charge in [-0.05, 0) is 38.2 Å². The van der Waals surface area contributed by atoms with E-state index in [1.807, 2.05) is 13.0 Å². The molecule has 6 heteroatoms. The van der Waals surface area contributed by atoms with E-state index in [1.54, 1.807) is 11.7 Å². The molecule has 1 heterocycles. The first-order chi connectivity index (χ1) is 10.0. The fourth-order valence-corrected chi connectivity index (χ4v) is 2.81. The average molecular weight is 293 g/mol. The highest BCUT2D eigenvalue weighted by molar-refractivity contribution is 5.92. The van der Waals surface area contributed by atoms with Crippen LogP contribution in [0.5, 0.6) is 0 Å². The number of esters is 1. The zero-order chi connectivity index (χ0) is 15.4. The van der Waals surface area contributed by atoms with Gasteiger partial charge in [-0.2, -0.15) is 5.10 Å². The minimum absolute atomic E-state index is 0.0217. The molecule has 0 aromatic carbocycles. The van der Waals surface area contributed by atoms with E-state index in [0.717, 1.165) is 37.8 Å². The molecule has 1 amide bonds. The SMILES string of the molecule is CCc1cc(C(=O)NC2CCC(C(=O)OC)CC2)n(C)n1. The molecule has 1 aliphatic rings. The highest BCUT2D eigenvalue weighted by Crippen LogP contribution is 2.25. The van der Waals surface area contributed by atoms with Crippen LogP contribution in [0, 0.1) is 5.92 Å². The molecule has 0 bridgehead atoms. The van der Waals surface area contributed by atoms with Crippen LogP contribution in [0.1, 0.15) is 48.8 Å². The Bertz CT molecular complexity index is 516. The third-order valence-corrected chi connectivity index (χ3v) is 4.12. The van der Waals surface area contributed by atoms with Gasteiger partial charge in [0.15, 0.2) is 0 Å². The van der Waals surface area contributed by atoms with Crippen molar-refractivity contribution >= 4 is 11.9 Å². The van der Waals surface area contributed by atoms with Gasteiger partial charge in [0.25, 0.3) is 5.91 Å². The molecule has 0 saturated heterocycles. The van der Waals surface area contributed by atoms with Crippen LogP contribution in [0.25, 0.3) is 0 Å². The summed E-state index contributed by atoms with van der Waals surface area (Å²) >= 11 is 0. The summed E-state index contributed by atoms with van der Waals surface area (Å²) in [6.07, 6.45) is 3.96. The minimum Gasteiger partial charge on any atom is -0.469 e. The van der Waals surface area contributed by atoms with Crippen molar-refractivity contribution < 1.29 is 14.3 Å². The van der Waals surface area contributed by atoms with Crippen molar-refractivity contribution in [3.63, 3.8) is 0 Å². The lowest BCUT2D eigenvalue weighted by molar-refractivity contribution is -0.146. The van der Waals surface area contributed by atoms with E-state index >= 15 is 0 Å². The summed E-state index contributed by atoms with van der Waals surface area (Å²) < 4.78 is 6.39. The molecule has 2 rings (SSSR count). The normalized spacial score (nSPS) is 21.9. The van der Waals surface area contributed by atoms with E-state index in [9.17, 15) is 9.59 Å². The Kier molecular flexibility index (Phi) is 4.98. The molecule has 1 aromatic heterocycles. The predicted octanol–water partition coefficient (Wildman–Crippen LogP) is 1.44. The fourth-order valence-electron chi connectivity index (χ4n) is 2.81. The van der Waals surface area contributed by atoms with Crippen LogP contribution in [-0.2, 0) is 23.0 Å². The lowest BCUT2D eigenvalue weighted by atomic mass is 9.86. The Morgan fingerprint density at radius 1 is 1.38 bits per heavy atom. The summed E-state index contributed by atoms with van der Waals surface area (Å²) in [5.41, 5.74) is 1.50. The molecule has 1 aromatic rings. The standard InChI is InChI=1S/C15H23N3O3/c1-4-11-9-13(18(2)17-11)14(19)16-12-7-5-10(6-8-12)15(20)21-3/h9-10,12H,4-8H2,1-3H3,(H,16,19). The molecule has 0 unspecified atom stereocenters. The van der Waals surface area contributed by atoms with Gasteiger partial charge < -0.3 is 10.1 Å². The first kappa shape index (κ1) is 15.5. The van der Waals surface area contributed by atoms with Crippen molar-refractivity contribution in [1.82, 2.24) is 15.1 Å². The van der Waals surface area contributed by atoms with Crippen LogP contribution in [0.3, 0.4) is 0 Å². The lowest BCUT2D eigenvalue weighted by Crippen LogP contribution is -2.39. The van der Waals surface area contributed by atoms with E-state index in [0.29, 0.717) is 5.69 Å². The van der Waals surface area contributed by atoms with E-state index in [4.69, 9.17) is 4.74 Å². The Hall–Kier alpha value is -1.85. The molecule has 116 valence electrons. The molecule has 6 nitrogen and oxygen atoms in total. The van der Waals surface area contributed by atoms with Gasteiger partial charge in [0.1, 0.15) is 5.69 Å². The van der Waals surface area contributed by atoms with Gasteiger partial charge in [-0.1, -0.05) is 6.92 Å². The van der Waals surface area contributed by atoms with Crippen molar-refractivity contribution in [3.8, 4) is 0 Å². The first-order valence-electron chi connectivity index (χ1n) is 7.46. The highest BCUT2D eigenvalue weighted by Gasteiger charge is 2.28. The molecular formula is C15H23N3O3. The second-order valence-electron chi connectivity index (χ2n) is 5.54. The largest absolute Gasteiger partial charge is 0.469 e. The van der Waals surface area contributed by atoms with E-state index < -0.39 is 0 Å². The first-order valence-corrected chi connectivity index (χ1v) is 7.46. The topological polar surface area (TPSA) is 73.2 Å². The van der Waals surface area contributed by atoms with Gasteiger partial charge in [0, 0.05) is 13.1 Å². The van der Waals surface area contributed by atoms with Crippen molar-refractivity contribution in [2.24, 2.45) is 13.0 Å². The number of methoxy groups -OCH3 is 1. The summed E-state index contributed by atoms with van der Waals surface area (Å²) in [4.78, 5) is 23.7. The van der Waals surface area contributed by atoms with Crippen molar-refractivity contribution in [3.05, 3.63) is 17.5 Å². The quantitative estimate of drug-likeness (QED) is 0.853. The summed E-state index contributed by atoms with van der Waals surface area (Å²) in [7, 11) is 3.20. The second-order valence-corrected chi connectivity index (χ2v) is 5.54. The molecule has 21 heavy (non-hydrogen) atoms. The second kappa shape index (κ2) is 6.74. The summed E-state index contributed by atoms with van der Waals surface area (Å²) in [5, 5.41) is 7.32. The molecule has 0 spiro atoms. The van der Waals surface area contributed by atoms with Crippen molar-refractivity contribution in [1.29, 1.82) is 0 Å². The number of hydrogen-bond acceptors (Lipinski definition) is 4. The van der Waals surface area contributed by atoms with E-state index in [-0.39, 0.29) is 23.8 Å². The summed E-state index contributed by atoms with van der Waals surface area (Å²) in [6, 6.07) is 1.95. The number of rotatable bonds is 4. The molecule has 0 radical (unpaired) electrons. The molecule has 1 aliphatic carbocycles. The highest BCUT2D eigenvalue weighted by atomic mass is 16.5. The number of carbonyl (C=O) groups excluding carboxylic acids is 2. The molecular weight excluding hydrogens is 270 g/mol. The van der Waals surface area contributed by atoms with Crippen molar-refractivity contribution in [2.75, 3.05) is 7.11 Å². The zero-order valence-electron chi connectivity index (χ0n) is 12.9. The summed E-state index contributed by atoms with van der Waals surface area (Å²) in [5.74, 6) is -0.253. The van der Waals surface area contributed by atoms with Gasteiger partial charge >= 0.3 is 5.97 Å². The van der Waals surface area contributed by atoms with Crippen LogP contribution in [0.15, 0.2) is 6.07 Å². The number of nitrogens with zero attached hydrogens (tertiary/aromatic N) is 2. The predicted molar refractivity (Wildman–Crippen MR) is 77.8 cm³/mol. The van der Waals surface area contributed by atoms with Crippen molar-refractivity contribution in [2.45, 2.75) is 45.1 Å². The Balaban J connectivity index is 1.89. The van der Waals surface area contributed by atoms with Gasteiger partial charge in [-0.25, -0.2) is 0 Å². The van der Waals surface area contributed by atoms with Crippen LogP contribution in [0.2, 0.25) is 0 Å². The summed E-state index contributed by atoms with van der Waals surface area (Å²) in [6.45, 7) is 2.01. The minimum atomic E-state index is -0.140. The van der Waals surface area contributed by atoms with Crippen LogP contribution in [0.4, 0.5) is 0 Å². The monoisotopic (exact) mass is 293 g/mol. The Morgan fingerprint density at radius 3 is 2.57 bits per heavy atom. The zero-order valence-corrected chi connectivity index (χ0v) is 12.9. The van der Waals surface area contributed by atoms with Gasteiger partial charge in [0.2, 0.25) is 0 Å². The number of carbonyl (C=O) groups is 2. The lowest BCUT2D eigenvalue weighted by Gasteiger charge is -2.27. The number of hydrogen-bond donors (Lipinski definition) is 1. The maximum absolute atomic E-state index is 12.3. The van der Waals surface area contributed by atoms with Gasteiger partial charge in [-0.3, -0.25) is 14.3 Å². The van der Waals surface area contributed by atoms with Crippen LogP contribution < -0.4 is 5.32 Å². The number of amides is 1. The third kappa shape index (κ3) is 3.62. The van der Waals surface area contributed by atoms with Gasteiger partial charge in [0.05, 0.1) is 18.7 Å². The smallest absolute Gasteiger partial charge is 0.308 e. The molecule has 1 N–H and O–H groups in total. The van der Waals surface area contributed by atoms with Crippen LogP contribution in [-0.4, -0.2) is 34.8 Å². The average Bonchev–Trinajstić information content (AvgIpc) is 2.88. The maximum Gasteiger partial charge on any atom is 0.308 e. The number of ether oxygens (including phenoxy) is 1. The Labute approximate surface area is 124 Å². The third-order valence-electron chi connectivity index (χ3n) is 4.12. The number of aromatic nitrogens is 2. The molecule has 1 fully saturated rings. The van der Waals surface area contributed by atoms with E-state index in [2.05, 4.69) is 10.4 Å². The van der Waals surface area contributed by atoms with E-state index in [1.165, 1.54) is 7.11 Å². The molecule has 0 atom stereocenters. The maximum atomic E-state index is 12.3. The Morgan fingerprint density at radius 2 is 2.05 bits per heavy atom. The number of nitrogens with one attached hydrogen (secondary N) is 1.